The van der Waals surface area contributed by atoms with E-state index in [-0.39, 0.29) is 24.3 Å². The first-order chi connectivity index (χ1) is 16.9. The average molecular weight is 511 g/mol. The van der Waals surface area contributed by atoms with Crippen LogP contribution in [0.25, 0.3) is 0 Å². The number of carbonyl (C=O) groups excluding carboxylic acids is 2. The van der Waals surface area contributed by atoms with Gasteiger partial charge in [0.2, 0.25) is 11.8 Å². The normalized spacial score (nSPS) is 12.6. The highest BCUT2D eigenvalue weighted by molar-refractivity contribution is 6.31. The summed E-state index contributed by atoms with van der Waals surface area (Å²) >= 11 is 12.4. The standard InChI is InChI=1S/C29H32Cl2N2O2/c1-3-21(2)32-29(35)27(19-22-9-5-4-6-10-22)33(20-23-13-16-25(30)17-14-23)28(34)18-15-24-11-7-8-12-26(24)31/h4-14,16-17,21,27H,3,15,18-20H2,1-2H3,(H,32,35)/t21-,27+/m1/s1. The third-order valence-corrected chi connectivity index (χ3v) is 6.73. The van der Waals surface area contributed by atoms with Crippen molar-refractivity contribution >= 4 is 35.0 Å². The molecule has 2 amide bonds. The Kier molecular flexibility index (Phi) is 10.2. The van der Waals surface area contributed by atoms with Gasteiger partial charge in [0.05, 0.1) is 0 Å². The zero-order valence-electron chi connectivity index (χ0n) is 20.2. The molecule has 3 aromatic carbocycles. The first kappa shape index (κ1) is 26.8. The number of halogens is 2. The van der Waals surface area contributed by atoms with Crippen LogP contribution in [0.2, 0.25) is 10.0 Å². The Labute approximate surface area is 218 Å². The van der Waals surface area contributed by atoms with Crippen LogP contribution in [0.3, 0.4) is 0 Å². The second kappa shape index (κ2) is 13.3. The molecule has 6 heteroatoms. The van der Waals surface area contributed by atoms with Gasteiger partial charge in [-0.15, -0.1) is 0 Å². The van der Waals surface area contributed by atoms with E-state index in [0.717, 1.165) is 23.1 Å². The third kappa shape index (κ3) is 8.12. The summed E-state index contributed by atoms with van der Waals surface area (Å²) in [5.41, 5.74) is 2.82. The van der Waals surface area contributed by atoms with Gasteiger partial charge in [0, 0.05) is 35.5 Å². The molecule has 0 spiro atoms. The summed E-state index contributed by atoms with van der Waals surface area (Å²) in [5.74, 6) is -0.247. The van der Waals surface area contributed by atoms with E-state index in [9.17, 15) is 9.59 Å². The lowest BCUT2D eigenvalue weighted by molar-refractivity contribution is -0.141. The zero-order valence-corrected chi connectivity index (χ0v) is 21.7. The average Bonchev–Trinajstić information content (AvgIpc) is 2.87. The van der Waals surface area contributed by atoms with Crippen LogP contribution < -0.4 is 5.32 Å². The summed E-state index contributed by atoms with van der Waals surface area (Å²) in [6, 6.07) is 24.1. The van der Waals surface area contributed by atoms with Crippen LogP contribution in [0.4, 0.5) is 0 Å². The van der Waals surface area contributed by atoms with Crippen molar-refractivity contribution in [1.82, 2.24) is 10.2 Å². The molecule has 0 aliphatic carbocycles. The summed E-state index contributed by atoms with van der Waals surface area (Å²) in [6.07, 6.45) is 1.98. The lowest BCUT2D eigenvalue weighted by Crippen LogP contribution is -2.52. The SMILES string of the molecule is CC[C@@H](C)NC(=O)[C@H](Cc1ccccc1)N(Cc1ccc(Cl)cc1)C(=O)CCc1ccccc1Cl. The van der Waals surface area contributed by atoms with E-state index in [2.05, 4.69) is 5.32 Å². The van der Waals surface area contributed by atoms with Gasteiger partial charge in [0.15, 0.2) is 0 Å². The van der Waals surface area contributed by atoms with Crippen molar-refractivity contribution in [3.05, 3.63) is 106 Å². The molecular formula is C29H32Cl2N2O2. The minimum Gasteiger partial charge on any atom is -0.352 e. The molecule has 0 bridgehead atoms. The van der Waals surface area contributed by atoms with E-state index < -0.39 is 6.04 Å². The van der Waals surface area contributed by atoms with Gasteiger partial charge in [-0.1, -0.05) is 90.8 Å². The molecule has 0 saturated carbocycles. The highest BCUT2D eigenvalue weighted by atomic mass is 35.5. The fourth-order valence-corrected chi connectivity index (χ4v) is 4.22. The van der Waals surface area contributed by atoms with Crippen molar-refractivity contribution in [2.24, 2.45) is 0 Å². The summed E-state index contributed by atoms with van der Waals surface area (Å²) in [6.45, 7) is 4.31. The molecule has 0 aromatic heterocycles. The smallest absolute Gasteiger partial charge is 0.243 e. The highest BCUT2D eigenvalue weighted by Gasteiger charge is 2.30. The number of carbonyl (C=O) groups is 2. The van der Waals surface area contributed by atoms with Crippen molar-refractivity contribution in [2.75, 3.05) is 0 Å². The predicted octanol–water partition coefficient (Wildman–Crippen LogP) is 6.48. The molecule has 3 rings (SSSR count). The number of hydrogen-bond donors (Lipinski definition) is 1. The number of amides is 2. The second-order valence-electron chi connectivity index (χ2n) is 8.76. The van der Waals surface area contributed by atoms with Gasteiger partial charge >= 0.3 is 0 Å². The fraction of sp³-hybridized carbons (Fsp3) is 0.310. The topological polar surface area (TPSA) is 49.4 Å². The second-order valence-corrected chi connectivity index (χ2v) is 9.61. The van der Waals surface area contributed by atoms with E-state index in [1.54, 1.807) is 17.0 Å². The Morgan fingerprint density at radius 3 is 2.20 bits per heavy atom. The van der Waals surface area contributed by atoms with Crippen LogP contribution >= 0.6 is 23.2 Å². The number of nitrogens with zero attached hydrogens (tertiary/aromatic N) is 1. The number of benzene rings is 3. The van der Waals surface area contributed by atoms with E-state index in [4.69, 9.17) is 23.2 Å². The Balaban J connectivity index is 1.91. The largest absolute Gasteiger partial charge is 0.352 e. The van der Waals surface area contributed by atoms with Crippen LogP contribution in [0, 0.1) is 0 Å². The Bertz CT molecular complexity index is 1100. The molecule has 1 N–H and O–H groups in total. The van der Waals surface area contributed by atoms with Crippen LogP contribution in [0.15, 0.2) is 78.9 Å². The quantitative estimate of drug-likeness (QED) is 0.320. The zero-order chi connectivity index (χ0) is 25.2. The van der Waals surface area contributed by atoms with Gasteiger partial charge in [-0.05, 0) is 54.7 Å². The lowest BCUT2D eigenvalue weighted by Gasteiger charge is -2.32. The van der Waals surface area contributed by atoms with Crippen molar-refractivity contribution < 1.29 is 9.59 Å². The van der Waals surface area contributed by atoms with Gasteiger partial charge in [0.25, 0.3) is 0 Å². The van der Waals surface area contributed by atoms with Crippen molar-refractivity contribution in [1.29, 1.82) is 0 Å². The van der Waals surface area contributed by atoms with Crippen molar-refractivity contribution in [2.45, 2.75) is 58.2 Å². The molecule has 0 unspecified atom stereocenters. The van der Waals surface area contributed by atoms with Gasteiger partial charge in [-0.25, -0.2) is 0 Å². The van der Waals surface area contributed by atoms with Gasteiger partial charge in [0.1, 0.15) is 6.04 Å². The Morgan fingerprint density at radius 1 is 0.886 bits per heavy atom. The molecule has 0 heterocycles. The van der Waals surface area contributed by atoms with Crippen LogP contribution in [-0.4, -0.2) is 28.8 Å². The highest BCUT2D eigenvalue weighted by Crippen LogP contribution is 2.21. The van der Waals surface area contributed by atoms with Gasteiger partial charge in [-0.2, -0.15) is 0 Å². The molecule has 0 aliphatic heterocycles. The molecule has 0 fully saturated rings. The van der Waals surface area contributed by atoms with Crippen LogP contribution in [-0.2, 0) is 29.0 Å². The maximum Gasteiger partial charge on any atom is 0.243 e. The number of rotatable bonds is 11. The Morgan fingerprint density at radius 2 is 1.54 bits per heavy atom. The van der Waals surface area contributed by atoms with Crippen molar-refractivity contribution in [3.63, 3.8) is 0 Å². The molecule has 184 valence electrons. The van der Waals surface area contributed by atoms with E-state index >= 15 is 0 Å². The van der Waals surface area contributed by atoms with E-state index in [0.29, 0.717) is 29.4 Å². The number of aryl methyl sites for hydroxylation is 1. The third-order valence-electron chi connectivity index (χ3n) is 6.10. The first-order valence-electron chi connectivity index (χ1n) is 12.0. The number of nitrogens with one attached hydrogen (secondary N) is 1. The summed E-state index contributed by atoms with van der Waals surface area (Å²) in [7, 11) is 0. The van der Waals surface area contributed by atoms with Gasteiger partial charge in [-0.3, -0.25) is 9.59 Å². The molecular weight excluding hydrogens is 479 g/mol. The summed E-state index contributed by atoms with van der Waals surface area (Å²) in [5, 5.41) is 4.35. The minimum atomic E-state index is -0.652. The summed E-state index contributed by atoms with van der Waals surface area (Å²) < 4.78 is 0. The monoisotopic (exact) mass is 510 g/mol. The first-order valence-corrected chi connectivity index (χ1v) is 12.7. The van der Waals surface area contributed by atoms with E-state index in [1.807, 2.05) is 80.6 Å². The maximum atomic E-state index is 13.7. The molecule has 3 aromatic rings. The Hall–Kier alpha value is -2.82. The van der Waals surface area contributed by atoms with Crippen LogP contribution in [0.1, 0.15) is 43.4 Å². The summed E-state index contributed by atoms with van der Waals surface area (Å²) in [4.78, 5) is 28.9. The minimum absolute atomic E-state index is 0.0105. The molecule has 35 heavy (non-hydrogen) atoms. The predicted molar refractivity (Wildman–Crippen MR) is 144 cm³/mol. The van der Waals surface area contributed by atoms with Crippen molar-refractivity contribution in [3.8, 4) is 0 Å². The lowest BCUT2D eigenvalue weighted by atomic mass is 10.0. The molecule has 0 aliphatic rings. The van der Waals surface area contributed by atoms with Gasteiger partial charge < -0.3 is 10.2 Å². The molecule has 4 nitrogen and oxygen atoms in total. The van der Waals surface area contributed by atoms with E-state index in [1.165, 1.54) is 0 Å². The maximum absolute atomic E-state index is 13.7. The number of hydrogen-bond acceptors (Lipinski definition) is 2. The molecule has 2 atom stereocenters. The molecule has 0 saturated heterocycles. The molecule has 0 radical (unpaired) electrons. The fourth-order valence-electron chi connectivity index (χ4n) is 3.87. The van der Waals surface area contributed by atoms with Crippen LogP contribution in [0.5, 0.6) is 0 Å².